The fraction of sp³-hybridized carbons (Fsp3) is 0.625. The third-order valence-corrected chi connectivity index (χ3v) is 2.50. The van der Waals surface area contributed by atoms with Gasteiger partial charge in [0.05, 0.1) is 12.7 Å². The zero-order valence-corrected chi connectivity index (χ0v) is 8.34. The predicted molar refractivity (Wildman–Crippen MR) is 51.7 cm³/mol. The Labute approximate surface area is 81.3 Å². The van der Waals surface area contributed by atoms with E-state index in [-0.39, 0.29) is 6.61 Å². The third-order valence-electron chi connectivity index (χ3n) is 1.53. The van der Waals surface area contributed by atoms with Crippen molar-refractivity contribution in [2.45, 2.75) is 19.6 Å². The van der Waals surface area contributed by atoms with Gasteiger partial charge >= 0.3 is 0 Å². The van der Waals surface area contributed by atoms with Gasteiger partial charge in [0.2, 0.25) is 0 Å². The largest absolute Gasteiger partial charge is 0.394 e. The molecule has 0 fully saturated rings. The van der Waals surface area contributed by atoms with Gasteiger partial charge in [-0.15, -0.1) is 11.3 Å². The molecule has 1 atom stereocenters. The van der Waals surface area contributed by atoms with E-state index in [9.17, 15) is 0 Å². The maximum atomic E-state index is 9.01. The summed E-state index contributed by atoms with van der Waals surface area (Å²) in [6.07, 6.45) is -0.680. The highest BCUT2D eigenvalue weighted by atomic mass is 32.1. The lowest BCUT2D eigenvalue weighted by Gasteiger charge is -2.06. The number of hydrogen-bond donors (Lipinski definition) is 3. The second kappa shape index (κ2) is 5.29. The van der Waals surface area contributed by atoms with E-state index in [0.717, 1.165) is 10.7 Å². The Morgan fingerprint density at radius 1 is 1.69 bits per heavy atom. The molecule has 13 heavy (non-hydrogen) atoms. The van der Waals surface area contributed by atoms with Gasteiger partial charge < -0.3 is 15.5 Å². The number of thiazole rings is 1. The van der Waals surface area contributed by atoms with Gasteiger partial charge in [0.1, 0.15) is 5.01 Å². The van der Waals surface area contributed by atoms with Crippen molar-refractivity contribution >= 4 is 11.3 Å². The number of aliphatic hydroxyl groups excluding tert-OH is 2. The molecular weight excluding hydrogens is 188 g/mol. The van der Waals surface area contributed by atoms with Gasteiger partial charge in [-0.2, -0.15) is 0 Å². The van der Waals surface area contributed by atoms with Crippen LogP contribution in [0.15, 0.2) is 5.38 Å². The molecule has 0 saturated carbocycles. The van der Waals surface area contributed by atoms with Gasteiger partial charge in [-0.1, -0.05) is 0 Å². The average Bonchev–Trinajstić information content (AvgIpc) is 2.51. The van der Waals surface area contributed by atoms with Crippen molar-refractivity contribution in [1.29, 1.82) is 0 Å². The molecule has 0 bridgehead atoms. The molecule has 3 N–H and O–H groups in total. The monoisotopic (exact) mass is 202 g/mol. The van der Waals surface area contributed by atoms with Crippen molar-refractivity contribution < 1.29 is 10.2 Å². The number of aliphatic hydroxyl groups is 2. The molecule has 0 aromatic carbocycles. The summed E-state index contributed by atoms with van der Waals surface area (Å²) in [5.41, 5.74) is 1.02. The first kappa shape index (κ1) is 10.6. The molecule has 0 aliphatic rings. The highest BCUT2D eigenvalue weighted by molar-refractivity contribution is 7.09. The Kier molecular flexibility index (Phi) is 4.31. The lowest BCUT2D eigenvalue weighted by atomic mass is 10.4. The molecule has 0 aliphatic heterocycles. The smallest absolute Gasteiger partial charge is 0.107 e. The summed E-state index contributed by atoms with van der Waals surface area (Å²) in [5.74, 6) is 0. The lowest BCUT2D eigenvalue weighted by molar-refractivity contribution is 0.0942. The second-order valence-electron chi connectivity index (χ2n) is 2.85. The molecule has 1 rings (SSSR count). The van der Waals surface area contributed by atoms with Crippen LogP contribution in [0.25, 0.3) is 0 Å². The van der Waals surface area contributed by atoms with Crippen molar-refractivity contribution in [3.63, 3.8) is 0 Å². The van der Waals surface area contributed by atoms with Gasteiger partial charge in [0.25, 0.3) is 0 Å². The fourth-order valence-corrected chi connectivity index (χ4v) is 1.64. The van der Waals surface area contributed by atoms with E-state index in [1.807, 2.05) is 12.3 Å². The molecule has 1 unspecified atom stereocenters. The number of nitrogens with one attached hydrogen (secondary N) is 1. The Morgan fingerprint density at radius 3 is 3.00 bits per heavy atom. The van der Waals surface area contributed by atoms with Crippen LogP contribution in [0.5, 0.6) is 0 Å². The number of aromatic nitrogens is 1. The Bertz CT molecular complexity index is 252. The molecule has 0 saturated heterocycles. The van der Waals surface area contributed by atoms with E-state index in [2.05, 4.69) is 10.3 Å². The summed E-state index contributed by atoms with van der Waals surface area (Å²) in [5, 5.41) is 23.5. The van der Waals surface area contributed by atoms with Crippen LogP contribution in [-0.2, 0) is 6.54 Å². The van der Waals surface area contributed by atoms with E-state index in [0.29, 0.717) is 13.1 Å². The van der Waals surface area contributed by atoms with Crippen molar-refractivity contribution in [1.82, 2.24) is 10.3 Å². The average molecular weight is 202 g/mol. The molecule has 5 heteroatoms. The van der Waals surface area contributed by atoms with Crippen LogP contribution in [0.3, 0.4) is 0 Å². The topological polar surface area (TPSA) is 65.4 Å². The van der Waals surface area contributed by atoms with Crippen LogP contribution in [0.2, 0.25) is 0 Å². The van der Waals surface area contributed by atoms with Gasteiger partial charge in [0.15, 0.2) is 0 Å². The first-order chi connectivity index (χ1) is 6.22. The molecule has 74 valence electrons. The summed E-state index contributed by atoms with van der Waals surface area (Å²) in [6.45, 7) is 2.79. The van der Waals surface area contributed by atoms with Crippen molar-refractivity contribution in [3.05, 3.63) is 16.1 Å². The van der Waals surface area contributed by atoms with E-state index >= 15 is 0 Å². The van der Waals surface area contributed by atoms with Gasteiger partial charge in [-0.05, 0) is 6.92 Å². The minimum absolute atomic E-state index is 0.204. The quantitative estimate of drug-likeness (QED) is 0.623. The van der Waals surface area contributed by atoms with Crippen molar-refractivity contribution in [2.75, 3.05) is 13.2 Å². The minimum atomic E-state index is -0.680. The highest BCUT2D eigenvalue weighted by Gasteiger charge is 2.02. The SMILES string of the molecule is Cc1csc(CNCC(O)CO)n1. The molecule has 0 radical (unpaired) electrons. The predicted octanol–water partition coefficient (Wildman–Crippen LogP) is -0.106. The zero-order chi connectivity index (χ0) is 9.68. The van der Waals surface area contributed by atoms with Crippen molar-refractivity contribution in [2.24, 2.45) is 0 Å². The molecule has 0 amide bonds. The molecule has 1 aromatic heterocycles. The first-order valence-corrected chi connectivity index (χ1v) is 5.01. The van der Waals surface area contributed by atoms with E-state index in [4.69, 9.17) is 10.2 Å². The highest BCUT2D eigenvalue weighted by Crippen LogP contribution is 2.07. The van der Waals surface area contributed by atoms with E-state index in [1.54, 1.807) is 11.3 Å². The molecule has 1 heterocycles. The summed E-state index contributed by atoms with van der Waals surface area (Å²) >= 11 is 1.59. The molecule has 0 aliphatic carbocycles. The standard InChI is InChI=1S/C8H14N2O2S/c1-6-5-13-8(10-6)3-9-2-7(12)4-11/h5,7,9,11-12H,2-4H2,1H3. The van der Waals surface area contributed by atoms with Crippen LogP contribution in [-0.4, -0.2) is 34.5 Å². The van der Waals surface area contributed by atoms with E-state index in [1.165, 1.54) is 0 Å². The van der Waals surface area contributed by atoms with Crippen molar-refractivity contribution in [3.8, 4) is 0 Å². The number of hydrogen-bond acceptors (Lipinski definition) is 5. The summed E-state index contributed by atoms with van der Waals surface area (Å²) < 4.78 is 0. The summed E-state index contributed by atoms with van der Waals surface area (Å²) in [4.78, 5) is 4.25. The number of rotatable bonds is 5. The number of aryl methyl sites for hydroxylation is 1. The van der Waals surface area contributed by atoms with Crippen LogP contribution < -0.4 is 5.32 Å². The Morgan fingerprint density at radius 2 is 2.46 bits per heavy atom. The van der Waals surface area contributed by atoms with Crippen LogP contribution in [0.4, 0.5) is 0 Å². The van der Waals surface area contributed by atoms with Gasteiger partial charge in [-0.25, -0.2) is 4.98 Å². The zero-order valence-electron chi connectivity index (χ0n) is 7.53. The maximum absolute atomic E-state index is 9.01. The van der Waals surface area contributed by atoms with E-state index < -0.39 is 6.10 Å². The lowest BCUT2D eigenvalue weighted by Crippen LogP contribution is -2.28. The number of nitrogens with zero attached hydrogens (tertiary/aromatic N) is 1. The fourth-order valence-electron chi connectivity index (χ4n) is 0.894. The molecule has 4 nitrogen and oxygen atoms in total. The summed E-state index contributed by atoms with van der Waals surface area (Å²) in [6, 6.07) is 0. The van der Waals surface area contributed by atoms with Crippen LogP contribution >= 0.6 is 11.3 Å². The normalized spacial score (nSPS) is 13.2. The summed E-state index contributed by atoms with van der Waals surface area (Å²) in [7, 11) is 0. The first-order valence-electron chi connectivity index (χ1n) is 4.13. The second-order valence-corrected chi connectivity index (χ2v) is 3.79. The molecular formula is C8H14N2O2S. The van der Waals surface area contributed by atoms with Gasteiger partial charge in [-0.3, -0.25) is 0 Å². The third kappa shape index (κ3) is 3.82. The molecule has 0 spiro atoms. The Hall–Kier alpha value is -0.490. The minimum Gasteiger partial charge on any atom is -0.394 e. The Balaban J connectivity index is 2.20. The maximum Gasteiger partial charge on any atom is 0.107 e. The van der Waals surface area contributed by atoms with Gasteiger partial charge in [0, 0.05) is 24.2 Å². The van der Waals surface area contributed by atoms with Crippen LogP contribution in [0, 0.1) is 6.92 Å². The molecule has 1 aromatic rings. The van der Waals surface area contributed by atoms with Crippen LogP contribution in [0.1, 0.15) is 10.7 Å².